The van der Waals surface area contributed by atoms with Crippen molar-refractivity contribution in [1.29, 1.82) is 0 Å². The fourth-order valence-electron chi connectivity index (χ4n) is 5.69. The molecule has 1 aliphatic carbocycles. The largest absolute Gasteiger partial charge is 0.435 e. The number of hydrogen-bond acceptors (Lipinski definition) is 7. The number of halogens is 3. The fraction of sp³-hybridized carbons (Fsp3) is 0.619. The Labute approximate surface area is 194 Å². The van der Waals surface area contributed by atoms with Gasteiger partial charge in [0.25, 0.3) is 10.0 Å². The number of ketones is 1. The summed E-state index contributed by atoms with van der Waals surface area (Å²) < 4.78 is 67.6. The molecule has 0 aromatic carbocycles. The van der Waals surface area contributed by atoms with Gasteiger partial charge in [0, 0.05) is 54.9 Å². The van der Waals surface area contributed by atoms with E-state index < -0.39 is 32.3 Å². The molecule has 4 aliphatic rings. The first-order valence-corrected chi connectivity index (χ1v) is 12.5. The summed E-state index contributed by atoms with van der Waals surface area (Å²) in [6, 6.07) is 0.562. The summed E-state index contributed by atoms with van der Waals surface area (Å²) in [5, 5.41) is 14.5. The molecule has 0 unspecified atom stereocenters. The number of aryl methyl sites for hydroxylation is 1. The van der Waals surface area contributed by atoms with Crippen LogP contribution >= 0.6 is 0 Å². The Morgan fingerprint density at radius 3 is 2.44 bits per heavy atom. The van der Waals surface area contributed by atoms with Gasteiger partial charge in [0.2, 0.25) is 0 Å². The maximum Gasteiger partial charge on any atom is 0.435 e. The van der Waals surface area contributed by atoms with Crippen LogP contribution in [0.3, 0.4) is 0 Å². The van der Waals surface area contributed by atoms with Crippen LogP contribution in [0.25, 0.3) is 0 Å². The highest BCUT2D eigenvalue weighted by Gasteiger charge is 2.53. The van der Waals surface area contributed by atoms with E-state index in [1.807, 2.05) is 13.8 Å². The molecule has 184 valence electrons. The number of fused-ring (bicyclic) bond motifs is 2. The molecule has 4 heterocycles. The van der Waals surface area contributed by atoms with E-state index >= 15 is 0 Å². The van der Waals surface area contributed by atoms with Gasteiger partial charge in [-0.2, -0.15) is 27.7 Å². The number of rotatable bonds is 2. The number of piperidine rings is 1. The third-order valence-corrected chi connectivity index (χ3v) is 9.15. The van der Waals surface area contributed by atoms with Gasteiger partial charge in [0.05, 0.1) is 6.54 Å². The number of sulfonamides is 1. The lowest BCUT2D eigenvalue weighted by Crippen LogP contribution is -2.50. The Bertz CT molecular complexity index is 1280. The van der Waals surface area contributed by atoms with Crippen molar-refractivity contribution in [3.05, 3.63) is 34.4 Å². The molecule has 0 amide bonds. The summed E-state index contributed by atoms with van der Waals surface area (Å²) in [7, 11) is -3.04. The van der Waals surface area contributed by atoms with Crippen LogP contribution in [-0.2, 0) is 28.0 Å². The molecule has 1 fully saturated rings. The second-order valence-corrected chi connectivity index (χ2v) is 12.0. The Kier molecular flexibility index (Phi) is 4.94. The third-order valence-electron chi connectivity index (χ3n) is 7.19. The molecule has 0 radical (unpaired) electrons. The number of carbonyl (C=O) groups excluding carboxylic acids is 1. The van der Waals surface area contributed by atoms with Gasteiger partial charge in [0.1, 0.15) is 0 Å². The molecule has 13 heteroatoms. The van der Waals surface area contributed by atoms with Gasteiger partial charge in [-0.3, -0.25) is 9.48 Å². The number of hydrogen-bond donors (Lipinski definition) is 1. The zero-order chi connectivity index (χ0) is 24.7. The van der Waals surface area contributed by atoms with Gasteiger partial charge in [-0.05, 0) is 24.7 Å². The lowest BCUT2D eigenvalue weighted by molar-refractivity contribution is -0.141. The Morgan fingerprint density at radius 1 is 1.15 bits per heavy atom. The van der Waals surface area contributed by atoms with E-state index in [0.717, 1.165) is 16.0 Å². The highest BCUT2D eigenvalue weighted by molar-refractivity contribution is 7.89. The van der Waals surface area contributed by atoms with Crippen molar-refractivity contribution >= 4 is 15.8 Å². The number of aromatic nitrogens is 2. The number of allylic oxidation sites excluding steroid dienone is 2. The zero-order valence-electron chi connectivity index (χ0n) is 19.0. The number of nitrogens with one attached hydrogen (secondary N) is 1. The van der Waals surface area contributed by atoms with E-state index in [4.69, 9.17) is 0 Å². The summed E-state index contributed by atoms with van der Waals surface area (Å²) in [6.45, 7) is 4.50. The molecule has 1 aromatic rings. The molecule has 1 spiro atoms. The first-order valence-electron chi connectivity index (χ1n) is 11.0. The van der Waals surface area contributed by atoms with Gasteiger partial charge in [-0.15, -0.1) is 5.11 Å². The quantitative estimate of drug-likeness (QED) is 0.674. The molecule has 1 N–H and O–H groups in total. The van der Waals surface area contributed by atoms with Crippen LogP contribution in [0.5, 0.6) is 0 Å². The van der Waals surface area contributed by atoms with Crippen molar-refractivity contribution in [3.8, 4) is 0 Å². The minimum absolute atomic E-state index is 0.0370. The van der Waals surface area contributed by atoms with Crippen LogP contribution < -0.4 is 5.32 Å². The second-order valence-electron chi connectivity index (χ2n) is 10.1. The van der Waals surface area contributed by atoms with E-state index in [1.165, 1.54) is 11.4 Å². The summed E-state index contributed by atoms with van der Waals surface area (Å²) in [5.74, 6) is 0.664. The normalized spacial score (nSPS) is 24.5. The molecule has 9 nitrogen and oxygen atoms in total. The minimum Gasteiger partial charge on any atom is -0.342 e. The topological polar surface area (TPSA) is 109 Å². The lowest BCUT2D eigenvalue weighted by Gasteiger charge is -2.48. The number of alkyl halides is 3. The molecule has 5 rings (SSSR count). The average molecular weight is 499 g/mol. The van der Waals surface area contributed by atoms with Crippen LogP contribution in [0.1, 0.15) is 45.2 Å². The molecule has 0 atom stereocenters. The van der Waals surface area contributed by atoms with Gasteiger partial charge in [-0.25, -0.2) is 8.42 Å². The predicted octanol–water partition coefficient (Wildman–Crippen LogP) is 3.13. The van der Waals surface area contributed by atoms with Crippen molar-refractivity contribution < 1.29 is 26.4 Å². The maximum absolute atomic E-state index is 13.3. The van der Waals surface area contributed by atoms with Gasteiger partial charge >= 0.3 is 6.18 Å². The first-order chi connectivity index (χ1) is 15.7. The lowest BCUT2D eigenvalue weighted by atomic mass is 9.60. The molecule has 34 heavy (non-hydrogen) atoms. The van der Waals surface area contributed by atoms with E-state index in [9.17, 15) is 26.4 Å². The number of carbonyl (C=O) groups is 1. The van der Waals surface area contributed by atoms with Crippen LogP contribution in [0.4, 0.5) is 13.2 Å². The number of dihydropyridines is 1. The second kappa shape index (κ2) is 7.23. The van der Waals surface area contributed by atoms with Crippen LogP contribution in [0.15, 0.2) is 44.0 Å². The van der Waals surface area contributed by atoms with Crippen molar-refractivity contribution in [1.82, 2.24) is 19.4 Å². The van der Waals surface area contributed by atoms with Crippen LogP contribution in [0.2, 0.25) is 0 Å². The van der Waals surface area contributed by atoms with E-state index in [2.05, 4.69) is 20.6 Å². The monoisotopic (exact) mass is 498 g/mol. The Hall–Kier alpha value is -2.54. The summed E-state index contributed by atoms with van der Waals surface area (Å²) >= 11 is 0. The van der Waals surface area contributed by atoms with Crippen molar-refractivity contribution in [2.45, 2.75) is 50.7 Å². The van der Waals surface area contributed by atoms with Crippen molar-refractivity contribution in [3.63, 3.8) is 0 Å². The maximum atomic E-state index is 13.3. The smallest absolute Gasteiger partial charge is 0.342 e. The number of nitrogens with zero attached hydrogens (tertiary/aromatic N) is 5. The van der Waals surface area contributed by atoms with Crippen LogP contribution in [-0.4, -0.2) is 47.9 Å². The Morgan fingerprint density at radius 2 is 1.82 bits per heavy atom. The molecule has 1 saturated heterocycles. The predicted molar refractivity (Wildman–Crippen MR) is 114 cm³/mol. The minimum atomic E-state index is -4.75. The van der Waals surface area contributed by atoms with Crippen molar-refractivity contribution in [2.75, 3.05) is 19.6 Å². The number of azo groups is 1. The van der Waals surface area contributed by atoms with Gasteiger partial charge in [0.15, 0.2) is 22.3 Å². The molecule has 3 aliphatic heterocycles. The third kappa shape index (κ3) is 3.43. The standard InChI is InChI=1S/C21H25F3N6O3S/c1-19(2)9-13-17(14(31)10-19)20(12-11-25-27-18(12)26-13)4-6-30(7-5-20)34(32,33)16-8-15(21(22,23)24)28-29(16)3/h8,26H,4-7,9-11H2,1-3H3. The number of Topliss-reactive ketones (excluding diaryl/α,β-unsaturated/α-hetero) is 1. The van der Waals surface area contributed by atoms with E-state index in [1.54, 1.807) is 0 Å². The summed E-state index contributed by atoms with van der Waals surface area (Å²) in [5.41, 5.74) is 0.250. The van der Waals surface area contributed by atoms with E-state index in [-0.39, 0.29) is 24.3 Å². The first kappa shape index (κ1) is 23.2. The SMILES string of the molecule is Cn1nc(C(F)(F)F)cc1S(=O)(=O)N1CCC2(CC1)C1=C(N=NC1)NC1=C2C(=O)CC(C)(C)C1. The zero-order valence-corrected chi connectivity index (χ0v) is 19.8. The highest BCUT2D eigenvalue weighted by Crippen LogP contribution is 2.55. The van der Waals surface area contributed by atoms with Crippen molar-refractivity contribution in [2.24, 2.45) is 28.1 Å². The molecular formula is C21H25F3N6O3S. The highest BCUT2D eigenvalue weighted by atomic mass is 32.2. The van der Waals surface area contributed by atoms with Crippen LogP contribution in [0, 0.1) is 10.8 Å². The summed E-state index contributed by atoms with van der Waals surface area (Å²) in [4.78, 5) is 13.3. The average Bonchev–Trinajstić information content (AvgIpc) is 3.34. The molecule has 1 aromatic heterocycles. The molecule has 0 bridgehead atoms. The fourth-order valence-corrected chi connectivity index (χ4v) is 7.25. The molecule has 0 saturated carbocycles. The summed E-state index contributed by atoms with van der Waals surface area (Å²) in [6.07, 6.45) is -3.04. The van der Waals surface area contributed by atoms with E-state index in [0.29, 0.717) is 49.7 Å². The molecular weight excluding hydrogens is 473 g/mol. The Balaban J connectivity index is 1.48. The van der Waals surface area contributed by atoms with Gasteiger partial charge in [-0.1, -0.05) is 13.8 Å². The van der Waals surface area contributed by atoms with Gasteiger partial charge < -0.3 is 5.32 Å².